The zero-order valence-corrected chi connectivity index (χ0v) is 30.6. The molecule has 0 radical (unpaired) electrons. The van der Waals surface area contributed by atoms with E-state index in [1.807, 2.05) is 0 Å². The Kier molecular flexibility index (Phi) is 6.33. The van der Waals surface area contributed by atoms with Crippen LogP contribution in [0, 0.1) is 11.8 Å². The number of fused-ring (bicyclic) bond motifs is 9. The van der Waals surface area contributed by atoms with Crippen LogP contribution in [0.3, 0.4) is 0 Å². The fourth-order valence-corrected chi connectivity index (χ4v) is 16.8. The monoisotopic (exact) mass is 695 g/mol. The second kappa shape index (κ2) is 11.2. The molecule has 2 aliphatic heterocycles. The quantitative estimate of drug-likeness (QED) is 0.181. The molecule has 2 aliphatic carbocycles. The molecule has 0 spiro atoms. The predicted molar refractivity (Wildman–Crippen MR) is 224 cm³/mol. The summed E-state index contributed by atoms with van der Waals surface area (Å²) >= 11 is 0. The Morgan fingerprint density at radius 2 is 1.28 bits per heavy atom. The average molecular weight is 696 g/mol. The summed E-state index contributed by atoms with van der Waals surface area (Å²) in [6.45, 7) is 0.0887. The first kappa shape index (κ1) is 29.9. The third kappa shape index (κ3) is 4.05. The summed E-state index contributed by atoms with van der Waals surface area (Å²) in [4.78, 5) is 0. The van der Waals surface area contributed by atoms with E-state index >= 15 is 0 Å². The number of hydrogen-bond acceptors (Lipinski definition) is 1. The molecule has 7 aromatic carbocycles. The maximum absolute atomic E-state index is 7.11. The van der Waals surface area contributed by atoms with E-state index in [0.717, 1.165) is 29.0 Å². The van der Waals surface area contributed by atoms with Crippen LogP contribution in [0.5, 0.6) is 11.5 Å². The van der Waals surface area contributed by atoms with Crippen molar-refractivity contribution in [1.82, 2.24) is 4.57 Å². The zero-order chi connectivity index (χ0) is 34.7. The number of nitrogens with zero attached hydrogens (tertiary/aromatic N) is 1. The molecule has 3 heterocycles. The highest BCUT2D eigenvalue weighted by Gasteiger charge is 2.52. The maximum atomic E-state index is 7.11. The summed E-state index contributed by atoms with van der Waals surface area (Å²) in [5, 5.41) is 8.52. The van der Waals surface area contributed by atoms with Gasteiger partial charge in [0, 0.05) is 22.5 Å². The summed E-state index contributed by atoms with van der Waals surface area (Å²) in [6, 6.07) is 61.8. The Morgan fingerprint density at radius 3 is 2.08 bits per heavy atom. The zero-order valence-electron chi connectivity index (χ0n) is 29.6. The number of ether oxygens (including phenoxy) is 1. The van der Waals surface area contributed by atoms with E-state index in [2.05, 4.69) is 168 Å². The van der Waals surface area contributed by atoms with E-state index in [-0.39, 0.29) is 6.71 Å². The molecule has 12 rings (SSSR count). The van der Waals surface area contributed by atoms with Gasteiger partial charge in [-0.3, -0.25) is 0 Å². The van der Waals surface area contributed by atoms with Gasteiger partial charge in [0.1, 0.15) is 11.5 Å². The van der Waals surface area contributed by atoms with Crippen LogP contribution in [0.1, 0.15) is 37.2 Å². The fourth-order valence-electron chi connectivity index (χ4n) is 11.5. The number of hydrogen-bond donors (Lipinski definition) is 0. The van der Waals surface area contributed by atoms with Crippen molar-refractivity contribution in [3.05, 3.63) is 169 Å². The van der Waals surface area contributed by atoms with Crippen LogP contribution < -0.4 is 41.9 Å². The van der Waals surface area contributed by atoms with E-state index in [4.69, 9.17) is 4.74 Å². The van der Waals surface area contributed by atoms with Crippen LogP contribution in [0.2, 0.25) is 0 Å². The van der Waals surface area contributed by atoms with Gasteiger partial charge in [-0.25, -0.2) is 0 Å². The first-order chi connectivity index (χ1) is 26.3. The maximum Gasteiger partial charge on any atom is 0.250 e. The van der Waals surface area contributed by atoms with Crippen molar-refractivity contribution in [3.8, 4) is 17.2 Å². The Bertz CT molecular complexity index is 2710. The van der Waals surface area contributed by atoms with E-state index in [1.165, 1.54) is 84.6 Å². The van der Waals surface area contributed by atoms with Crippen molar-refractivity contribution in [2.45, 2.75) is 31.6 Å². The van der Waals surface area contributed by atoms with Gasteiger partial charge in [-0.05, 0) is 98.5 Å². The number of aromatic nitrogens is 1. The Labute approximate surface area is 311 Å². The Balaban J connectivity index is 1.07. The van der Waals surface area contributed by atoms with Crippen LogP contribution in [0.25, 0.3) is 27.5 Å². The van der Waals surface area contributed by atoms with Gasteiger partial charge in [-0.2, -0.15) is 0 Å². The van der Waals surface area contributed by atoms with Gasteiger partial charge in [-0.15, -0.1) is 0 Å². The molecule has 0 saturated heterocycles. The lowest BCUT2D eigenvalue weighted by atomic mass is 9.35. The molecule has 2 nitrogen and oxygen atoms in total. The lowest BCUT2D eigenvalue weighted by molar-refractivity contribution is 0.422. The van der Waals surface area contributed by atoms with Crippen LogP contribution >= 0.6 is 0 Å². The highest BCUT2D eigenvalue weighted by Crippen LogP contribution is 2.54. The molecule has 2 fully saturated rings. The molecule has 252 valence electrons. The third-order valence-corrected chi connectivity index (χ3v) is 18.4. The van der Waals surface area contributed by atoms with E-state index in [1.54, 1.807) is 5.56 Å². The van der Waals surface area contributed by atoms with Crippen molar-refractivity contribution < 1.29 is 4.74 Å². The van der Waals surface area contributed by atoms with Crippen LogP contribution in [-0.2, 0) is 0 Å². The Morgan fingerprint density at radius 1 is 0.566 bits per heavy atom. The van der Waals surface area contributed by atoms with Gasteiger partial charge in [-0.1, -0.05) is 145 Å². The van der Waals surface area contributed by atoms with Crippen molar-refractivity contribution in [2.75, 3.05) is 0 Å². The van der Waals surface area contributed by atoms with Crippen molar-refractivity contribution in [2.24, 2.45) is 11.8 Å². The van der Waals surface area contributed by atoms with Crippen molar-refractivity contribution in [1.29, 1.82) is 0 Å². The average Bonchev–Trinajstić information content (AvgIpc) is 3.95. The molecule has 4 aliphatic rings. The van der Waals surface area contributed by atoms with Gasteiger partial charge in [0.05, 0.1) is 11.0 Å². The molecule has 2 bridgehead atoms. The molecule has 1 aromatic heterocycles. The molecule has 4 heteroatoms. The standard InChI is InChI=1S/C49H38BNOSi/c1-3-13-35(14-4-1)53(36-15-5-2-6-16-36)46-23-10-8-19-41(46)50-40-28-27-34(31-45(40)52-44-22-12-24-47(53)49(44)50)51-42-20-9-7-17-38(42)48-37(18-11-21-43(48)51)39-30-32-25-26-33(39)29-32/h1-24,27-28,31-33,39H,25-26,29-30H2. The normalized spacial score (nSPS) is 20.2. The third-order valence-electron chi connectivity index (χ3n) is 13.5. The minimum absolute atomic E-state index is 0.0887. The molecule has 0 amide bonds. The molecule has 8 aromatic rings. The van der Waals surface area contributed by atoms with Crippen LogP contribution in [-0.4, -0.2) is 19.4 Å². The van der Waals surface area contributed by atoms with Gasteiger partial charge >= 0.3 is 0 Å². The highest BCUT2D eigenvalue weighted by atomic mass is 28.3. The second-order valence-electron chi connectivity index (χ2n) is 15.9. The van der Waals surface area contributed by atoms with Crippen molar-refractivity contribution in [3.63, 3.8) is 0 Å². The number of rotatable bonds is 4. The molecule has 3 unspecified atom stereocenters. The lowest BCUT2D eigenvalue weighted by Crippen LogP contribution is -2.87. The molecular formula is C49H38BNOSi. The summed E-state index contributed by atoms with van der Waals surface area (Å²) in [5.41, 5.74) is 9.25. The summed E-state index contributed by atoms with van der Waals surface area (Å²) < 4.78 is 9.61. The van der Waals surface area contributed by atoms with Gasteiger partial charge in [0.25, 0.3) is 6.71 Å². The molecular weight excluding hydrogens is 657 g/mol. The topological polar surface area (TPSA) is 14.2 Å². The smallest absolute Gasteiger partial charge is 0.250 e. The lowest BCUT2D eigenvalue weighted by Gasteiger charge is -2.44. The first-order valence-corrected chi connectivity index (χ1v) is 21.5. The SMILES string of the molecule is c1ccc([Si]2(c3ccccc3)c3ccccc3B3c4ccc(-n5c6ccccc6c6c(C7CC8CCC7C8)cccc65)cc4Oc4cccc2c43)cc1. The summed E-state index contributed by atoms with van der Waals surface area (Å²) in [7, 11) is -2.67. The largest absolute Gasteiger partial charge is 0.458 e. The summed E-state index contributed by atoms with van der Waals surface area (Å²) in [5.74, 6) is 4.35. The molecule has 2 saturated carbocycles. The second-order valence-corrected chi connectivity index (χ2v) is 19.7. The molecule has 0 N–H and O–H groups in total. The van der Waals surface area contributed by atoms with Crippen LogP contribution in [0.4, 0.5) is 0 Å². The predicted octanol–water partition coefficient (Wildman–Crippen LogP) is 7.00. The van der Waals surface area contributed by atoms with Crippen molar-refractivity contribution >= 4 is 73.7 Å². The van der Waals surface area contributed by atoms with E-state index < -0.39 is 8.07 Å². The number of benzene rings is 7. The summed E-state index contributed by atoms with van der Waals surface area (Å²) in [6.07, 6.45) is 5.57. The van der Waals surface area contributed by atoms with Crippen LogP contribution in [0.15, 0.2) is 164 Å². The Hall–Kier alpha value is -5.58. The molecule has 3 atom stereocenters. The van der Waals surface area contributed by atoms with Gasteiger partial charge < -0.3 is 9.30 Å². The van der Waals surface area contributed by atoms with E-state index in [9.17, 15) is 0 Å². The highest BCUT2D eigenvalue weighted by molar-refractivity contribution is 7.26. The van der Waals surface area contributed by atoms with Gasteiger partial charge in [0.2, 0.25) is 0 Å². The minimum Gasteiger partial charge on any atom is -0.458 e. The first-order valence-electron chi connectivity index (χ1n) is 19.5. The van der Waals surface area contributed by atoms with E-state index in [0.29, 0.717) is 5.92 Å². The fraction of sp³-hybridized carbons (Fsp3) is 0.143. The van der Waals surface area contributed by atoms with Gasteiger partial charge in [0.15, 0.2) is 8.07 Å². The molecule has 53 heavy (non-hydrogen) atoms. The number of para-hydroxylation sites is 1. The minimum atomic E-state index is -2.67.